The van der Waals surface area contributed by atoms with E-state index in [0.29, 0.717) is 5.92 Å². The van der Waals surface area contributed by atoms with Crippen LogP contribution >= 0.6 is 10.7 Å². The first-order chi connectivity index (χ1) is 6.82. The van der Waals surface area contributed by atoms with Crippen LogP contribution in [-0.2, 0) is 9.05 Å². The standard InChI is InChI=1S/C11H19ClO2S/c1-11(2,15(12,13)14)10-7-8-3-5-9(10)6-4-8/h8-10H,3-7H2,1-2H3. The SMILES string of the molecule is CC(C)(C1CC2CCC1CC2)S(=O)(=O)Cl. The monoisotopic (exact) mass is 250 g/mol. The third-order valence-corrected chi connectivity index (χ3v) is 7.32. The van der Waals surface area contributed by atoms with Crippen molar-refractivity contribution < 1.29 is 8.42 Å². The molecule has 4 heteroatoms. The van der Waals surface area contributed by atoms with Crippen LogP contribution in [0.4, 0.5) is 0 Å². The van der Waals surface area contributed by atoms with Crippen molar-refractivity contribution >= 4 is 19.7 Å². The van der Waals surface area contributed by atoms with Gasteiger partial charge in [-0.1, -0.05) is 12.8 Å². The summed E-state index contributed by atoms with van der Waals surface area (Å²) in [5, 5.41) is 0. The van der Waals surface area contributed by atoms with Gasteiger partial charge >= 0.3 is 0 Å². The Bertz CT molecular complexity index is 340. The third kappa shape index (κ3) is 1.93. The Morgan fingerprint density at radius 2 is 1.67 bits per heavy atom. The lowest BCUT2D eigenvalue weighted by Gasteiger charge is -2.48. The Hall–Kier alpha value is 0.240. The number of hydrogen-bond donors (Lipinski definition) is 0. The van der Waals surface area contributed by atoms with Gasteiger partial charge in [0.1, 0.15) is 0 Å². The van der Waals surface area contributed by atoms with Crippen molar-refractivity contribution in [3.05, 3.63) is 0 Å². The fourth-order valence-electron chi connectivity index (χ4n) is 3.41. The van der Waals surface area contributed by atoms with Gasteiger partial charge in [-0.3, -0.25) is 0 Å². The van der Waals surface area contributed by atoms with E-state index in [9.17, 15) is 8.42 Å². The Labute approximate surface area is 96.8 Å². The van der Waals surface area contributed by atoms with Crippen LogP contribution in [0, 0.1) is 17.8 Å². The molecule has 0 heterocycles. The molecule has 0 aromatic heterocycles. The molecule has 2 nitrogen and oxygen atoms in total. The summed E-state index contributed by atoms with van der Waals surface area (Å²) in [6.07, 6.45) is 6.04. The van der Waals surface area contributed by atoms with Crippen LogP contribution < -0.4 is 0 Å². The highest BCUT2D eigenvalue weighted by atomic mass is 35.7. The number of hydrogen-bond acceptors (Lipinski definition) is 2. The molecule has 2 bridgehead atoms. The minimum Gasteiger partial charge on any atom is -0.212 e. The molecule has 0 aromatic rings. The van der Waals surface area contributed by atoms with Gasteiger partial charge in [-0.15, -0.1) is 0 Å². The molecule has 1 unspecified atom stereocenters. The maximum Gasteiger partial charge on any atom is 0.238 e. The highest BCUT2D eigenvalue weighted by molar-refractivity contribution is 8.14. The van der Waals surface area contributed by atoms with E-state index >= 15 is 0 Å². The molecule has 0 radical (unpaired) electrons. The molecule has 0 aromatic carbocycles. The molecular formula is C11H19ClO2S. The largest absolute Gasteiger partial charge is 0.238 e. The maximum absolute atomic E-state index is 11.6. The minimum atomic E-state index is -3.45. The van der Waals surface area contributed by atoms with E-state index in [1.54, 1.807) is 13.8 Å². The van der Waals surface area contributed by atoms with Gasteiger partial charge in [0, 0.05) is 10.7 Å². The summed E-state index contributed by atoms with van der Waals surface area (Å²) in [6, 6.07) is 0. The van der Waals surface area contributed by atoms with Gasteiger partial charge in [-0.05, 0) is 50.9 Å². The first-order valence-corrected chi connectivity index (χ1v) is 8.07. The predicted octanol–water partition coefficient (Wildman–Crippen LogP) is 3.16. The van der Waals surface area contributed by atoms with Crippen molar-refractivity contribution in [2.45, 2.75) is 50.7 Å². The zero-order valence-electron chi connectivity index (χ0n) is 9.37. The highest BCUT2D eigenvalue weighted by Crippen LogP contribution is 2.51. The van der Waals surface area contributed by atoms with Gasteiger partial charge in [0.05, 0.1) is 4.75 Å². The zero-order valence-corrected chi connectivity index (χ0v) is 10.9. The normalized spacial score (nSPS) is 36.9. The highest BCUT2D eigenvalue weighted by Gasteiger charge is 2.48. The molecule has 3 fully saturated rings. The van der Waals surface area contributed by atoms with Crippen LogP contribution in [0.25, 0.3) is 0 Å². The van der Waals surface area contributed by atoms with E-state index in [4.69, 9.17) is 10.7 Å². The van der Waals surface area contributed by atoms with Crippen molar-refractivity contribution in [3.63, 3.8) is 0 Å². The predicted molar refractivity (Wildman–Crippen MR) is 62.4 cm³/mol. The van der Waals surface area contributed by atoms with Gasteiger partial charge in [-0.2, -0.15) is 0 Å². The summed E-state index contributed by atoms with van der Waals surface area (Å²) in [4.78, 5) is 0. The van der Waals surface area contributed by atoms with Crippen LogP contribution in [0.2, 0.25) is 0 Å². The average Bonchev–Trinajstić information content (AvgIpc) is 2.17. The lowest BCUT2D eigenvalue weighted by Crippen LogP contribution is -2.46. The van der Waals surface area contributed by atoms with Gasteiger partial charge in [0.2, 0.25) is 9.05 Å². The average molecular weight is 251 g/mol. The van der Waals surface area contributed by atoms with E-state index in [1.165, 1.54) is 25.7 Å². The second kappa shape index (κ2) is 3.63. The smallest absolute Gasteiger partial charge is 0.212 e. The fourth-order valence-corrected chi connectivity index (χ4v) is 4.40. The van der Waals surface area contributed by atoms with Gasteiger partial charge in [-0.25, -0.2) is 8.42 Å². The van der Waals surface area contributed by atoms with Crippen LogP contribution in [-0.4, -0.2) is 13.2 Å². The third-order valence-electron chi connectivity index (χ3n) is 4.57. The summed E-state index contributed by atoms with van der Waals surface area (Å²) in [7, 11) is 2.12. The first-order valence-electron chi connectivity index (χ1n) is 5.76. The van der Waals surface area contributed by atoms with Crippen molar-refractivity contribution in [2.24, 2.45) is 17.8 Å². The fraction of sp³-hybridized carbons (Fsp3) is 1.00. The zero-order chi connectivity index (χ0) is 11.3. The Morgan fingerprint density at radius 3 is 2.00 bits per heavy atom. The van der Waals surface area contributed by atoms with Crippen LogP contribution in [0.3, 0.4) is 0 Å². The second-order valence-corrected chi connectivity index (χ2v) is 8.81. The van der Waals surface area contributed by atoms with E-state index < -0.39 is 13.8 Å². The Kier molecular flexibility index (Phi) is 2.83. The van der Waals surface area contributed by atoms with Crippen molar-refractivity contribution in [2.75, 3.05) is 0 Å². The molecule has 3 saturated carbocycles. The summed E-state index contributed by atoms with van der Waals surface area (Å²) in [5.41, 5.74) is 0. The summed E-state index contributed by atoms with van der Waals surface area (Å²) in [6.45, 7) is 3.58. The summed E-state index contributed by atoms with van der Waals surface area (Å²) < 4.78 is 22.4. The second-order valence-electron chi connectivity index (χ2n) is 5.66. The minimum absolute atomic E-state index is 0.271. The summed E-state index contributed by atoms with van der Waals surface area (Å²) >= 11 is 0. The molecule has 0 aliphatic heterocycles. The molecule has 3 rings (SSSR count). The molecule has 0 N–H and O–H groups in total. The molecule has 0 spiro atoms. The van der Waals surface area contributed by atoms with Crippen LogP contribution in [0.1, 0.15) is 46.0 Å². The van der Waals surface area contributed by atoms with Crippen LogP contribution in [0.15, 0.2) is 0 Å². The molecule has 3 aliphatic carbocycles. The van der Waals surface area contributed by atoms with Crippen LogP contribution in [0.5, 0.6) is 0 Å². The molecule has 15 heavy (non-hydrogen) atoms. The molecule has 3 aliphatic rings. The van der Waals surface area contributed by atoms with Crippen molar-refractivity contribution in [3.8, 4) is 0 Å². The van der Waals surface area contributed by atoms with Gasteiger partial charge < -0.3 is 0 Å². The number of fused-ring (bicyclic) bond motifs is 3. The maximum atomic E-state index is 11.6. The van der Waals surface area contributed by atoms with Crippen molar-refractivity contribution in [1.82, 2.24) is 0 Å². The molecule has 88 valence electrons. The molecule has 0 amide bonds. The Morgan fingerprint density at radius 1 is 1.13 bits per heavy atom. The molecule has 0 saturated heterocycles. The van der Waals surface area contributed by atoms with E-state index in [0.717, 1.165) is 12.3 Å². The molecular weight excluding hydrogens is 232 g/mol. The lowest BCUT2D eigenvalue weighted by atomic mass is 9.61. The number of rotatable bonds is 2. The topological polar surface area (TPSA) is 34.1 Å². The van der Waals surface area contributed by atoms with E-state index in [1.807, 2.05) is 0 Å². The first kappa shape index (κ1) is 11.7. The quantitative estimate of drug-likeness (QED) is 0.706. The van der Waals surface area contributed by atoms with Gasteiger partial charge in [0.15, 0.2) is 0 Å². The summed E-state index contributed by atoms with van der Waals surface area (Å²) in [5.74, 6) is 1.60. The van der Waals surface area contributed by atoms with Gasteiger partial charge in [0.25, 0.3) is 0 Å². The molecule has 1 atom stereocenters. The van der Waals surface area contributed by atoms with Crippen molar-refractivity contribution in [1.29, 1.82) is 0 Å². The Balaban J connectivity index is 2.25. The van der Waals surface area contributed by atoms with E-state index in [2.05, 4.69) is 0 Å². The lowest BCUT2D eigenvalue weighted by molar-refractivity contribution is 0.0769. The number of halogens is 1. The van der Waals surface area contributed by atoms with E-state index in [-0.39, 0.29) is 5.92 Å².